The van der Waals surface area contributed by atoms with Gasteiger partial charge in [-0.3, -0.25) is 20.4 Å². The maximum Gasteiger partial charge on any atom is 0.257 e. The second-order valence-electron chi connectivity index (χ2n) is 6.37. The highest BCUT2D eigenvalue weighted by Gasteiger charge is 2.18. The Balaban J connectivity index is 1.64. The molecule has 6 heteroatoms. The Hall–Kier alpha value is -2.08. The zero-order chi connectivity index (χ0) is 17.2. The van der Waals surface area contributed by atoms with Crippen molar-refractivity contribution in [1.82, 2.24) is 15.8 Å². The molecule has 1 aromatic carbocycles. The highest BCUT2D eigenvalue weighted by atomic mass is 16.2. The van der Waals surface area contributed by atoms with Crippen LogP contribution in [0.2, 0.25) is 0 Å². The lowest BCUT2D eigenvalue weighted by molar-refractivity contribution is -0.130. The molecular formula is C18H28N4O2. The van der Waals surface area contributed by atoms with Crippen LogP contribution in [0.3, 0.4) is 0 Å². The summed E-state index contributed by atoms with van der Waals surface area (Å²) in [6, 6.07) is 9.47. The molecule has 1 heterocycles. The molecule has 0 radical (unpaired) electrons. The Bertz CT molecular complexity index is 513. The van der Waals surface area contributed by atoms with Gasteiger partial charge < -0.3 is 10.2 Å². The van der Waals surface area contributed by atoms with Crippen LogP contribution >= 0.6 is 0 Å². The van der Waals surface area contributed by atoms with E-state index in [1.165, 1.54) is 25.7 Å². The van der Waals surface area contributed by atoms with E-state index in [0.717, 1.165) is 25.3 Å². The van der Waals surface area contributed by atoms with Gasteiger partial charge in [0.15, 0.2) is 0 Å². The number of hydrazine groups is 1. The molecule has 1 aliphatic heterocycles. The van der Waals surface area contributed by atoms with E-state index in [1.807, 2.05) is 37.3 Å². The summed E-state index contributed by atoms with van der Waals surface area (Å²) >= 11 is 0. The first-order valence-electron chi connectivity index (χ1n) is 8.75. The third-order valence-corrected chi connectivity index (χ3v) is 4.23. The molecule has 3 N–H and O–H groups in total. The van der Waals surface area contributed by atoms with Gasteiger partial charge in [0.25, 0.3) is 5.91 Å². The molecule has 2 rings (SSSR count). The molecule has 1 aliphatic rings. The largest absolute Gasteiger partial charge is 0.376 e. The quantitative estimate of drug-likeness (QED) is 0.694. The summed E-state index contributed by atoms with van der Waals surface area (Å²) in [7, 11) is 0. The number of para-hydroxylation sites is 1. The van der Waals surface area contributed by atoms with Crippen LogP contribution in [0.4, 0.5) is 5.69 Å². The van der Waals surface area contributed by atoms with E-state index < -0.39 is 0 Å². The van der Waals surface area contributed by atoms with Crippen LogP contribution in [0.15, 0.2) is 30.3 Å². The number of nitrogens with zero attached hydrogens (tertiary/aromatic N) is 1. The summed E-state index contributed by atoms with van der Waals surface area (Å²) in [6.07, 6.45) is 4.97. The fourth-order valence-corrected chi connectivity index (χ4v) is 2.83. The van der Waals surface area contributed by atoms with E-state index in [9.17, 15) is 9.59 Å². The van der Waals surface area contributed by atoms with Crippen molar-refractivity contribution in [3.8, 4) is 0 Å². The predicted octanol–water partition coefficient (Wildman–Crippen LogP) is 1.76. The van der Waals surface area contributed by atoms with Crippen molar-refractivity contribution in [2.75, 3.05) is 31.5 Å². The molecule has 0 aromatic heterocycles. The van der Waals surface area contributed by atoms with Crippen LogP contribution in [-0.2, 0) is 9.59 Å². The molecule has 24 heavy (non-hydrogen) atoms. The molecule has 2 amide bonds. The summed E-state index contributed by atoms with van der Waals surface area (Å²) in [5, 5.41) is 3.00. The van der Waals surface area contributed by atoms with Crippen LogP contribution < -0.4 is 16.2 Å². The monoisotopic (exact) mass is 332 g/mol. The number of hydrogen-bond donors (Lipinski definition) is 3. The number of carbonyl (C=O) groups is 2. The van der Waals surface area contributed by atoms with Gasteiger partial charge >= 0.3 is 0 Å². The second-order valence-corrected chi connectivity index (χ2v) is 6.37. The highest BCUT2D eigenvalue weighted by Crippen LogP contribution is 2.11. The molecule has 1 aromatic rings. The van der Waals surface area contributed by atoms with Crippen LogP contribution in [0.1, 0.15) is 32.6 Å². The van der Waals surface area contributed by atoms with Crippen LogP contribution in [0.5, 0.6) is 0 Å². The van der Waals surface area contributed by atoms with Crippen LogP contribution in [-0.4, -0.2) is 42.9 Å². The van der Waals surface area contributed by atoms with Gasteiger partial charge in [0.1, 0.15) is 0 Å². The van der Waals surface area contributed by atoms with E-state index in [0.29, 0.717) is 0 Å². The molecule has 1 atom stereocenters. The van der Waals surface area contributed by atoms with Crippen molar-refractivity contribution in [3.63, 3.8) is 0 Å². The third kappa shape index (κ3) is 6.58. The van der Waals surface area contributed by atoms with Crippen molar-refractivity contribution in [3.05, 3.63) is 30.3 Å². The third-order valence-electron chi connectivity index (χ3n) is 4.23. The standard InChI is InChI=1S/C18H28N4O2/c1-15(14-22-11-7-2-3-8-12-22)18(24)21-20-17(23)13-19-16-9-5-4-6-10-16/h4-6,9-10,15,19H,2-3,7-8,11-14H2,1H3,(H,20,23)(H,21,24). The van der Waals surface area contributed by atoms with Gasteiger partial charge in [0, 0.05) is 18.2 Å². The first kappa shape index (κ1) is 18.3. The van der Waals surface area contributed by atoms with E-state index in [4.69, 9.17) is 0 Å². The lowest BCUT2D eigenvalue weighted by atomic mass is 10.1. The first-order valence-corrected chi connectivity index (χ1v) is 8.75. The van der Waals surface area contributed by atoms with E-state index in [1.54, 1.807) is 0 Å². The number of amides is 2. The Labute approximate surface area is 144 Å². The average molecular weight is 332 g/mol. The fraction of sp³-hybridized carbons (Fsp3) is 0.556. The van der Waals surface area contributed by atoms with Crippen molar-refractivity contribution in [2.45, 2.75) is 32.6 Å². The van der Waals surface area contributed by atoms with Gasteiger partial charge in [-0.1, -0.05) is 38.0 Å². The number of benzene rings is 1. The number of nitrogens with one attached hydrogen (secondary N) is 3. The number of hydrogen-bond acceptors (Lipinski definition) is 4. The van der Waals surface area contributed by atoms with Crippen LogP contribution in [0, 0.1) is 5.92 Å². The lowest BCUT2D eigenvalue weighted by Gasteiger charge is -2.23. The molecule has 1 saturated heterocycles. The summed E-state index contributed by atoms with van der Waals surface area (Å²) in [6.45, 7) is 4.87. The Morgan fingerprint density at radius 3 is 2.38 bits per heavy atom. The average Bonchev–Trinajstić information content (AvgIpc) is 2.87. The lowest BCUT2D eigenvalue weighted by Crippen LogP contribution is -2.48. The first-order chi connectivity index (χ1) is 11.6. The number of anilines is 1. The Kier molecular flexibility index (Phi) is 7.55. The summed E-state index contributed by atoms with van der Waals surface area (Å²) in [5.74, 6) is -0.563. The Morgan fingerprint density at radius 2 is 1.71 bits per heavy atom. The number of carbonyl (C=O) groups excluding carboxylic acids is 2. The second kappa shape index (κ2) is 9.93. The van der Waals surface area contributed by atoms with Crippen molar-refractivity contribution in [1.29, 1.82) is 0 Å². The van der Waals surface area contributed by atoms with Gasteiger partial charge in [-0.2, -0.15) is 0 Å². The molecule has 0 saturated carbocycles. The normalized spacial score (nSPS) is 16.7. The van der Waals surface area contributed by atoms with E-state index in [-0.39, 0.29) is 24.3 Å². The van der Waals surface area contributed by atoms with E-state index >= 15 is 0 Å². The van der Waals surface area contributed by atoms with Gasteiger partial charge in [0.05, 0.1) is 6.54 Å². The van der Waals surface area contributed by atoms with Crippen molar-refractivity contribution < 1.29 is 9.59 Å². The smallest absolute Gasteiger partial charge is 0.257 e. The molecule has 0 bridgehead atoms. The van der Waals surface area contributed by atoms with Gasteiger partial charge in [0.2, 0.25) is 5.91 Å². The van der Waals surface area contributed by atoms with Crippen molar-refractivity contribution in [2.24, 2.45) is 5.92 Å². The maximum absolute atomic E-state index is 12.1. The fourth-order valence-electron chi connectivity index (χ4n) is 2.83. The topological polar surface area (TPSA) is 73.5 Å². The van der Waals surface area contributed by atoms with Gasteiger partial charge in [-0.15, -0.1) is 0 Å². The molecule has 1 fully saturated rings. The molecule has 6 nitrogen and oxygen atoms in total. The molecule has 0 spiro atoms. The zero-order valence-electron chi connectivity index (χ0n) is 14.4. The summed E-state index contributed by atoms with van der Waals surface area (Å²) in [5.41, 5.74) is 5.85. The summed E-state index contributed by atoms with van der Waals surface area (Å²) < 4.78 is 0. The van der Waals surface area contributed by atoms with E-state index in [2.05, 4.69) is 21.1 Å². The predicted molar refractivity (Wildman–Crippen MR) is 95.3 cm³/mol. The SMILES string of the molecule is CC(CN1CCCCCC1)C(=O)NNC(=O)CNc1ccccc1. The zero-order valence-corrected chi connectivity index (χ0v) is 14.4. The number of likely N-dealkylation sites (tertiary alicyclic amines) is 1. The Morgan fingerprint density at radius 1 is 1.04 bits per heavy atom. The maximum atomic E-state index is 12.1. The summed E-state index contributed by atoms with van der Waals surface area (Å²) in [4.78, 5) is 26.2. The molecule has 0 aliphatic carbocycles. The van der Waals surface area contributed by atoms with Gasteiger partial charge in [-0.25, -0.2) is 0 Å². The van der Waals surface area contributed by atoms with Crippen molar-refractivity contribution >= 4 is 17.5 Å². The minimum Gasteiger partial charge on any atom is -0.376 e. The van der Waals surface area contributed by atoms with Gasteiger partial charge in [-0.05, 0) is 38.1 Å². The highest BCUT2D eigenvalue weighted by molar-refractivity contribution is 5.85. The minimum atomic E-state index is -0.269. The molecule has 132 valence electrons. The number of rotatable bonds is 6. The molecular weight excluding hydrogens is 304 g/mol. The minimum absolute atomic E-state index is 0.116. The van der Waals surface area contributed by atoms with Crippen LogP contribution in [0.25, 0.3) is 0 Å². The molecule has 1 unspecified atom stereocenters.